The number of carbonyl (C=O) groups is 1. The van der Waals surface area contributed by atoms with Crippen molar-refractivity contribution in [1.82, 2.24) is 9.66 Å². The Labute approximate surface area is 113 Å². The number of hydrogen-bond donors (Lipinski definition) is 1. The van der Waals surface area contributed by atoms with Gasteiger partial charge in [-0.1, -0.05) is 23.9 Å². The van der Waals surface area contributed by atoms with Gasteiger partial charge in [-0.05, 0) is 25.3 Å². The van der Waals surface area contributed by atoms with Gasteiger partial charge in [0.15, 0.2) is 5.16 Å². The van der Waals surface area contributed by atoms with Gasteiger partial charge in [-0.15, -0.1) is 0 Å². The molecule has 1 aromatic carbocycles. The normalized spacial score (nSPS) is 10.4. The number of carbonyl (C=O) groups excluding carboxylic acids is 1. The first-order valence-electron chi connectivity index (χ1n) is 5.67. The lowest BCUT2D eigenvalue weighted by atomic mass is 10.2. The molecule has 1 N–H and O–H groups in total. The zero-order valence-corrected chi connectivity index (χ0v) is 11.4. The van der Waals surface area contributed by atoms with Gasteiger partial charge in [0.2, 0.25) is 0 Å². The second kappa shape index (κ2) is 5.75. The van der Waals surface area contributed by atoms with Crippen LogP contribution in [-0.4, -0.2) is 28.6 Å². The molecule has 0 aliphatic heterocycles. The zero-order valence-electron chi connectivity index (χ0n) is 10.5. The van der Waals surface area contributed by atoms with E-state index in [1.165, 1.54) is 11.8 Å². The minimum Gasteiger partial charge on any atom is -0.449 e. The molecule has 1 heterocycles. The molecule has 6 nitrogen and oxygen atoms in total. The summed E-state index contributed by atoms with van der Waals surface area (Å²) in [4.78, 5) is 28.0. The summed E-state index contributed by atoms with van der Waals surface area (Å²) in [5.41, 5.74) is 2.65. The molecule has 2 rings (SSSR count). The molecule has 0 saturated carbocycles. The van der Waals surface area contributed by atoms with Gasteiger partial charge in [0.05, 0.1) is 17.5 Å². The smallest absolute Gasteiger partial charge is 0.426 e. The van der Waals surface area contributed by atoms with Gasteiger partial charge in [0.1, 0.15) is 0 Å². The number of aromatic nitrogens is 2. The van der Waals surface area contributed by atoms with E-state index in [2.05, 4.69) is 10.4 Å². The maximum absolute atomic E-state index is 12.3. The van der Waals surface area contributed by atoms with Gasteiger partial charge in [-0.2, -0.15) is 4.68 Å². The number of nitrogens with one attached hydrogen (secondary N) is 1. The summed E-state index contributed by atoms with van der Waals surface area (Å²) in [7, 11) is 0. The van der Waals surface area contributed by atoms with E-state index in [9.17, 15) is 9.59 Å². The molecule has 19 heavy (non-hydrogen) atoms. The zero-order chi connectivity index (χ0) is 13.8. The number of amides is 1. The minimum atomic E-state index is -0.683. The highest BCUT2D eigenvalue weighted by Crippen LogP contribution is 2.13. The Morgan fingerprint density at radius 1 is 1.47 bits per heavy atom. The second-order valence-electron chi connectivity index (χ2n) is 3.59. The van der Waals surface area contributed by atoms with Crippen molar-refractivity contribution >= 4 is 28.8 Å². The van der Waals surface area contributed by atoms with Crippen LogP contribution in [0.5, 0.6) is 0 Å². The number of fused-ring (bicyclic) bond motifs is 1. The third kappa shape index (κ3) is 2.70. The SMILES string of the molecule is CCOC(=O)Nn1c(SC)nc2ccccc2c1=O. The molecular formula is C12H13N3O3S. The van der Waals surface area contributed by atoms with Crippen molar-refractivity contribution < 1.29 is 9.53 Å². The Morgan fingerprint density at radius 3 is 2.89 bits per heavy atom. The van der Waals surface area contributed by atoms with Crippen molar-refractivity contribution in [1.29, 1.82) is 0 Å². The number of nitrogens with zero attached hydrogens (tertiary/aromatic N) is 2. The topological polar surface area (TPSA) is 73.2 Å². The Hall–Kier alpha value is -2.02. The molecule has 1 amide bonds. The standard InChI is InChI=1S/C12H13N3O3S/c1-3-18-12(17)14-15-10(16)8-6-4-5-7-9(8)13-11(15)19-2/h4-7H,3H2,1-2H3,(H,14,17). The van der Waals surface area contributed by atoms with Gasteiger partial charge >= 0.3 is 6.09 Å². The molecule has 1 aromatic heterocycles. The summed E-state index contributed by atoms with van der Waals surface area (Å²) in [6, 6.07) is 6.98. The van der Waals surface area contributed by atoms with Gasteiger partial charge in [0, 0.05) is 0 Å². The molecule has 0 aliphatic rings. The van der Waals surface area contributed by atoms with Crippen LogP contribution >= 0.6 is 11.8 Å². The van der Waals surface area contributed by atoms with E-state index < -0.39 is 6.09 Å². The quantitative estimate of drug-likeness (QED) is 0.685. The molecule has 0 fully saturated rings. The van der Waals surface area contributed by atoms with E-state index in [-0.39, 0.29) is 12.2 Å². The van der Waals surface area contributed by atoms with Crippen LogP contribution in [0.15, 0.2) is 34.2 Å². The predicted molar refractivity (Wildman–Crippen MR) is 74.2 cm³/mol. The van der Waals surface area contributed by atoms with Crippen LogP contribution in [0.25, 0.3) is 10.9 Å². The molecule has 0 aliphatic carbocycles. The molecule has 7 heteroatoms. The number of rotatable bonds is 3. The van der Waals surface area contributed by atoms with Gasteiger partial charge in [0.25, 0.3) is 5.56 Å². The Kier molecular flexibility index (Phi) is 4.06. The van der Waals surface area contributed by atoms with E-state index in [4.69, 9.17) is 4.74 Å². The van der Waals surface area contributed by atoms with Crippen molar-refractivity contribution in [2.24, 2.45) is 0 Å². The Balaban J connectivity index is 2.55. The molecule has 0 spiro atoms. The average molecular weight is 279 g/mol. The lowest BCUT2D eigenvalue weighted by Crippen LogP contribution is -2.35. The van der Waals surface area contributed by atoms with Crippen LogP contribution in [0.3, 0.4) is 0 Å². The summed E-state index contributed by atoms with van der Waals surface area (Å²) in [6.07, 6.45) is 1.09. The van der Waals surface area contributed by atoms with E-state index in [1.54, 1.807) is 31.4 Å². The number of benzene rings is 1. The van der Waals surface area contributed by atoms with E-state index in [0.29, 0.717) is 16.1 Å². The predicted octanol–water partition coefficient (Wildman–Crippen LogP) is 1.82. The second-order valence-corrected chi connectivity index (χ2v) is 4.36. The average Bonchev–Trinajstić information content (AvgIpc) is 2.42. The molecule has 0 radical (unpaired) electrons. The van der Waals surface area contributed by atoms with Crippen LogP contribution in [0.4, 0.5) is 4.79 Å². The first kappa shape index (κ1) is 13.4. The summed E-state index contributed by atoms with van der Waals surface area (Å²) < 4.78 is 5.87. The number of para-hydroxylation sites is 1. The summed E-state index contributed by atoms with van der Waals surface area (Å²) in [5, 5.41) is 0.842. The highest BCUT2D eigenvalue weighted by atomic mass is 32.2. The van der Waals surface area contributed by atoms with E-state index in [1.807, 2.05) is 6.07 Å². The monoisotopic (exact) mass is 279 g/mol. The fourth-order valence-corrected chi connectivity index (χ4v) is 2.10. The van der Waals surface area contributed by atoms with Gasteiger partial charge in [-0.3, -0.25) is 4.79 Å². The van der Waals surface area contributed by atoms with Crippen molar-refractivity contribution in [3.63, 3.8) is 0 Å². The molecule has 100 valence electrons. The van der Waals surface area contributed by atoms with Crippen molar-refractivity contribution in [2.45, 2.75) is 12.1 Å². The lowest BCUT2D eigenvalue weighted by molar-refractivity contribution is 0.163. The Morgan fingerprint density at radius 2 is 2.21 bits per heavy atom. The summed E-state index contributed by atoms with van der Waals surface area (Å²) in [5.74, 6) is 0. The maximum Gasteiger partial charge on any atom is 0.426 e. The largest absolute Gasteiger partial charge is 0.449 e. The molecule has 2 aromatic rings. The van der Waals surface area contributed by atoms with Crippen molar-refractivity contribution in [3.8, 4) is 0 Å². The lowest BCUT2D eigenvalue weighted by Gasteiger charge is -2.12. The maximum atomic E-state index is 12.3. The van der Waals surface area contributed by atoms with Gasteiger partial charge < -0.3 is 4.74 Å². The number of ether oxygens (including phenoxy) is 1. The summed E-state index contributed by atoms with van der Waals surface area (Å²) in [6.45, 7) is 1.92. The van der Waals surface area contributed by atoms with E-state index >= 15 is 0 Å². The molecule has 0 atom stereocenters. The number of hydrogen-bond acceptors (Lipinski definition) is 5. The fraction of sp³-hybridized carbons (Fsp3) is 0.250. The molecule has 0 saturated heterocycles. The van der Waals surface area contributed by atoms with Crippen LogP contribution < -0.4 is 11.0 Å². The third-order valence-electron chi connectivity index (χ3n) is 2.41. The molecular weight excluding hydrogens is 266 g/mol. The highest BCUT2D eigenvalue weighted by molar-refractivity contribution is 7.98. The van der Waals surface area contributed by atoms with E-state index in [0.717, 1.165) is 4.68 Å². The van der Waals surface area contributed by atoms with Crippen molar-refractivity contribution in [3.05, 3.63) is 34.6 Å². The molecule has 0 bridgehead atoms. The summed E-state index contributed by atoms with van der Waals surface area (Å²) >= 11 is 1.27. The van der Waals surface area contributed by atoms with Crippen LogP contribution in [0.2, 0.25) is 0 Å². The van der Waals surface area contributed by atoms with Crippen molar-refractivity contribution in [2.75, 3.05) is 18.3 Å². The highest BCUT2D eigenvalue weighted by Gasteiger charge is 2.12. The van der Waals surface area contributed by atoms with Crippen LogP contribution in [0, 0.1) is 0 Å². The van der Waals surface area contributed by atoms with Gasteiger partial charge in [-0.25, -0.2) is 15.2 Å². The minimum absolute atomic E-state index is 0.232. The fourth-order valence-electron chi connectivity index (χ4n) is 1.60. The number of thioether (sulfide) groups is 1. The molecule has 0 unspecified atom stereocenters. The Bertz CT molecular complexity index is 669. The first-order chi connectivity index (χ1) is 9.17. The van der Waals surface area contributed by atoms with Crippen LogP contribution in [-0.2, 0) is 4.74 Å². The first-order valence-corrected chi connectivity index (χ1v) is 6.89. The third-order valence-corrected chi connectivity index (χ3v) is 3.05. The van der Waals surface area contributed by atoms with Crippen LogP contribution in [0.1, 0.15) is 6.92 Å².